The predicted octanol–water partition coefficient (Wildman–Crippen LogP) is 3.57. The first kappa shape index (κ1) is 10.8. The predicted molar refractivity (Wildman–Crippen MR) is 75.1 cm³/mol. The van der Waals surface area contributed by atoms with Gasteiger partial charge in [0.25, 0.3) is 0 Å². The van der Waals surface area contributed by atoms with Gasteiger partial charge >= 0.3 is 0 Å². The van der Waals surface area contributed by atoms with Crippen LogP contribution in [-0.2, 0) is 11.3 Å². The molecule has 94 valence electrons. The number of nitrogens with zero attached hydrogens (tertiary/aromatic N) is 1. The van der Waals surface area contributed by atoms with Gasteiger partial charge in [-0.05, 0) is 23.6 Å². The highest BCUT2D eigenvalue weighted by Gasteiger charge is 2.33. The molecule has 1 atom stereocenters. The summed E-state index contributed by atoms with van der Waals surface area (Å²) < 4.78 is 0. The van der Waals surface area contributed by atoms with Crippen molar-refractivity contribution in [2.75, 3.05) is 6.54 Å². The molecule has 0 spiro atoms. The van der Waals surface area contributed by atoms with Crippen molar-refractivity contribution in [3.63, 3.8) is 0 Å². The summed E-state index contributed by atoms with van der Waals surface area (Å²) in [5.41, 5.74) is 3.96. The maximum Gasteiger partial charge on any atom is 0.152 e. The van der Waals surface area contributed by atoms with E-state index in [1.165, 1.54) is 11.1 Å². The van der Waals surface area contributed by atoms with E-state index in [9.17, 15) is 0 Å². The van der Waals surface area contributed by atoms with Crippen molar-refractivity contribution >= 4 is 5.76 Å². The Hall–Kier alpha value is -2.06. The van der Waals surface area contributed by atoms with E-state index in [2.05, 4.69) is 47.5 Å². The molecule has 2 aromatic rings. The van der Waals surface area contributed by atoms with Gasteiger partial charge in [-0.3, -0.25) is 0 Å². The van der Waals surface area contributed by atoms with Gasteiger partial charge in [0.2, 0.25) is 0 Å². The first-order valence-electron chi connectivity index (χ1n) is 6.71. The second-order valence-electron chi connectivity index (χ2n) is 5.02. The van der Waals surface area contributed by atoms with Crippen molar-refractivity contribution in [2.45, 2.75) is 12.5 Å². The fourth-order valence-electron chi connectivity index (χ4n) is 2.90. The Morgan fingerprint density at radius 2 is 1.74 bits per heavy atom. The molecule has 0 fully saturated rings. The highest BCUT2D eigenvalue weighted by atomic mass is 16.7. The van der Waals surface area contributed by atoms with Crippen LogP contribution in [0.25, 0.3) is 5.76 Å². The highest BCUT2D eigenvalue weighted by molar-refractivity contribution is 5.62. The molecule has 0 bridgehead atoms. The Balaban J connectivity index is 1.74. The lowest BCUT2D eigenvalue weighted by molar-refractivity contribution is -0.0961. The van der Waals surface area contributed by atoms with Crippen molar-refractivity contribution in [1.29, 1.82) is 0 Å². The summed E-state index contributed by atoms with van der Waals surface area (Å²) in [5.74, 6) is 0.974. The van der Waals surface area contributed by atoms with Gasteiger partial charge in [-0.1, -0.05) is 54.6 Å². The van der Waals surface area contributed by atoms with E-state index in [4.69, 9.17) is 4.84 Å². The normalized spacial score (nSPS) is 21.3. The van der Waals surface area contributed by atoms with Crippen molar-refractivity contribution < 1.29 is 4.84 Å². The monoisotopic (exact) mass is 249 g/mol. The van der Waals surface area contributed by atoms with E-state index < -0.39 is 0 Å². The van der Waals surface area contributed by atoms with Crippen molar-refractivity contribution in [2.24, 2.45) is 0 Å². The molecular formula is C17H15NO. The van der Waals surface area contributed by atoms with Gasteiger partial charge in [-0.2, -0.15) is 0 Å². The van der Waals surface area contributed by atoms with Crippen molar-refractivity contribution in [3.05, 3.63) is 77.4 Å². The lowest BCUT2D eigenvalue weighted by Gasteiger charge is -2.29. The molecular weight excluding hydrogens is 234 g/mol. The molecule has 0 radical (unpaired) electrons. The summed E-state index contributed by atoms with van der Waals surface area (Å²) >= 11 is 0. The third-order valence-electron chi connectivity index (χ3n) is 3.87. The van der Waals surface area contributed by atoms with Crippen LogP contribution >= 0.6 is 0 Å². The molecule has 0 N–H and O–H groups in total. The van der Waals surface area contributed by atoms with Gasteiger partial charge in [0.15, 0.2) is 5.76 Å². The van der Waals surface area contributed by atoms with Crippen molar-refractivity contribution in [1.82, 2.24) is 5.06 Å². The molecule has 2 aromatic carbocycles. The van der Waals surface area contributed by atoms with Crippen molar-refractivity contribution in [3.8, 4) is 0 Å². The minimum absolute atomic E-state index is 0.264. The van der Waals surface area contributed by atoms with Gasteiger partial charge in [-0.25, -0.2) is 0 Å². The smallest absolute Gasteiger partial charge is 0.152 e. The first-order chi connectivity index (χ1) is 9.42. The summed E-state index contributed by atoms with van der Waals surface area (Å²) in [6.45, 7) is 0.953. The molecule has 2 aliphatic heterocycles. The quantitative estimate of drug-likeness (QED) is 0.766. The zero-order valence-electron chi connectivity index (χ0n) is 10.6. The topological polar surface area (TPSA) is 12.5 Å². The molecule has 2 aliphatic rings. The van der Waals surface area contributed by atoms with E-state index >= 15 is 0 Å². The second-order valence-corrected chi connectivity index (χ2v) is 5.02. The number of hydrogen-bond acceptors (Lipinski definition) is 2. The standard InChI is InChI=1S/C17H15NO/c1-2-7-14(8-3-1)17-12-16-15-9-5-4-6-13(15)10-11-18(16)19-17/h1-9,12,16H,10-11H2. The average molecular weight is 249 g/mol. The lowest BCUT2D eigenvalue weighted by atomic mass is 9.94. The third kappa shape index (κ3) is 1.76. The summed E-state index contributed by atoms with van der Waals surface area (Å²) in [6.07, 6.45) is 3.29. The summed E-state index contributed by atoms with van der Waals surface area (Å²) in [7, 11) is 0. The van der Waals surface area contributed by atoms with Crippen LogP contribution in [0.5, 0.6) is 0 Å². The largest absolute Gasteiger partial charge is 0.405 e. The molecule has 2 nitrogen and oxygen atoms in total. The van der Waals surface area contributed by atoms with Gasteiger partial charge in [0, 0.05) is 12.1 Å². The summed E-state index contributed by atoms with van der Waals surface area (Å²) in [5, 5.41) is 2.09. The van der Waals surface area contributed by atoms with E-state index in [0.29, 0.717) is 0 Å². The molecule has 2 heterocycles. The number of fused-ring (bicyclic) bond motifs is 3. The SMILES string of the molecule is C1=C(c2ccccc2)ON2CCc3ccccc3C12. The molecule has 2 heteroatoms. The molecule has 0 aromatic heterocycles. The fraction of sp³-hybridized carbons (Fsp3) is 0.176. The minimum Gasteiger partial charge on any atom is -0.405 e. The van der Waals surface area contributed by atoms with Gasteiger partial charge in [-0.15, -0.1) is 5.06 Å². The first-order valence-corrected chi connectivity index (χ1v) is 6.71. The Morgan fingerprint density at radius 1 is 0.947 bits per heavy atom. The molecule has 0 aliphatic carbocycles. The van der Waals surface area contributed by atoms with E-state index in [1.807, 2.05) is 18.2 Å². The highest BCUT2D eigenvalue weighted by Crippen LogP contribution is 2.39. The minimum atomic E-state index is 0.264. The molecule has 0 saturated carbocycles. The van der Waals surface area contributed by atoms with Crippen LogP contribution in [0, 0.1) is 0 Å². The Bertz CT molecular complexity index is 633. The van der Waals surface area contributed by atoms with Crippen LogP contribution < -0.4 is 0 Å². The maximum absolute atomic E-state index is 6.00. The summed E-state index contributed by atoms with van der Waals surface area (Å²) in [6, 6.07) is 19.2. The molecule has 1 unspecified atom stereocenters. The average Bonchev–Trinajstić information content (AvgIpc) is 2.93. The Labute approximate surface area is 112 Å². The summed E-state index contributed by atoms with van der Waals surface area (Å²) in [4.78, 5) is 6.00. The second kappa shape index (κ2) is 4.25. The molecule has 19 heavy (non-hydrogen) atoms. The number of benzene rings is 2. The van der Waals surface area contributed by atoms with Gasteiger partial charge in [0.1, 0.15) is 0 Å². The number of rotatable bonds is 1. The fourth-order valence-corrected chi connectivity index (χ4v) is 2.90. The van der Waals surface area contributed by atoms with E-state index in [1.54, 1.807) is 0 Å². The Morgan fingerprint density at radius 3 is 2.63 bits per heavy atom. The zero-order valence-corrected chi connectivity index (χ0v) is 10.6. The van der Waals surface area contributed by atoms with Crippen LogP contribution in [0.2, 0.25) is 0 Å². The van der Waals surface area contributed by atoms with Crippen LogP contribution in [-0.4, -0.2) is 11.6 Å². The van der Waals surface area contributed by atoms with Crippen LogP contribution in [0.15, 0.2) is 60.7 Å². The number of hydrogen-bond donors (Lipinski definition) is 0. The van der Waals surface area contributed by atoms with Gasteiger partial charge in [0.05, 0.1) is 6.04 Å². The van der Waals surface area contributed by atoms with Crippen LogP contribution in [0.3, 0.4) is 0 Å². The molecule has 0 amide bonds. The molecule has 0 saturated heterocycles. The maximum atomic E-state index is 6.00. The Kier molecular flexibility index (Phi) is 2.42. The molecule has 4 rings (SSSR count). The lowest BCUT2D eigenvalue weighted by Crippen LogP contribution is -2.30. The van der Waals surface area contributed by atoms with E-state index in [-0.39, 0.29) is 6.04 Å². The van der Waals surface area contributed by atoms with Crippen LogP contribution in [0.4, 0.5) is 0 Å². The number of hydroxylamine groups is 2. The zero-order chi connectivity index (χ0) is 12.7. The van der Waals surface area contributed by atoms with E-state index in [0.717, 1.165) is 24.3 Å². The van der Waals surface area contributed by atoms with Gasteiger partial charge < -0.3 is 4.84 Å². The third-order valence-corrected chi connectivity index (χ3v) is 3.87. The van der Waals surface area contributed by atoms with Crippen LogP contribution in [0.1, 0.15) is 22.7 Å².